The third-order valence-corrected chi connectivity index (χ3v) is 2.89. The zero-order valence-electron chi connectivity index (χ0n) is 10.00. The lowest BCUT2D eigenvalue weighted by Crippen LogP contribution is -2.03. The molecule has 0 saturated carbocycles. The molecule has 0 aromatic heterocycles. The van der Waals surface area contributed by atoms with E-state index in [-0.39, 0.29) is 0 Å². The van der Waals surface area contributed by atoms with E-state index in [1.54, 1.807) is 0 Å². The van der Waals surface area contributed by atoms with E-state index in [4.69, 9.17) is 0 Å². The van der Waals surface area contributed by atoms with Crippen molar-refractivity contribution in [1.82, 2.24) is 0 Å². The van der Waals surface area contributed by atoms with Gasteiger partial charge in [0.2, 0.25) is 0 Å². The average Bonchev–Trinajstić information content (AvgIpc) is 2.14. The van der Waals surface area contributed by atoms with Crippen molar-refractivity contribution in [2.75, 3.05) is 12.9 Å². The Morgan fingerprint density at radius 3 is 1.80 bits per heavy atom. The van der Waals surface area contributed by atoms with Crippen molar-refractivity contribution in [3.8, 4) is 0 Å². The van der Waals surface area contributed by atoms with Crippen molar-refractivity contribution < 1.29 is 12.6 Å². The third kappa shape index (κ3) is 13.9. The summed E-state index contributed by atoms with van der Waals surface area (Å²) in [4.78, 5) is 0. The number of hydrogen-bond donors (Lipinski definition) is 0. The second-order valence-corrected chi connectivity index (χ2v) is 5.64. The Morgan fingerprint density at radius 2 is 1.33 bits per heavy atom. The minimum absolute atomic E-state index is 0.341. The summed E-state index contributed by atoms with van der Waals surface area (Å²) in [5, 5.41) is 0. The summed E-state index contributed by atoms with van der Waals surface area (Å²) in [5.74, 6) is 0. The van der Waals surface area contributed by atoms with E-state index in [1.807, 2.05) is 0 Å². The van der Waals surface area contributed by atoms with Crippen LogP contribution in [0.1, 0.15) is 58.3 Å². The first-order valence-electron chi connectivity index (χ1n) is 5.90. The molecular formula is C11H24O3S. The van der Waals surface area contributed by atoms with Crippen LogP contribution in [0.5, 0.6) is 0 Å². The highest BCUT2D eigenvalue weighted by Crippen LogP contribution is 2.08. The molecule has 0 fully saturated rings. The highest BCUT2D eigenvalue weighted by Gasteiger charge is 1.99. The van der Waals surface area contributed by atoms with E-state index in [1.165, 1.54) is 38.5 Å². The summed E-state index contributed by atoms with van der Waals surface area (Å²) in [6.07, 6.45) is 10.7. The molecule has 15 heavy (non-hydrogen) atoms. The van der Waals surface area contributed by atoms with Gasteiger partial charge in [-0.2, -0.15) is 8.42 Å². The topological polar surface area (TPSA) is 43.4 Å². The first-order chi connectivity index (χ1) is 7.06. The molecule has 3 nitrogen and oxygen atoms in total. The van der Waals surface area contributed by atoms with Crippen molar-refractivity contribution >= 4 is 10.1 Å². The first kappa shape index (κ1) is 14.9. The fraction of sp³-hybridized carbons (Fsp3) is 1.00. The van der Waals surface area contributed by atoms with Crippen LogP contribution < -0.4 is 0 Å². The van der Waals surface area contributed by atoms with Crippen LogP contribution in [-0.2, 0) is 14.3 Å². The maximum Gasteiger partial charge on any atom is 0.264 e. The quantitative estimate of drug-likeness (QED) is 0.432. The van der Waals surface area contributed by atoms with Gasteiger partial charge in [-0.05, 0) is 6.42 Å². The van der Waals surface area contributed by atoms with Gasteiger partial charge in [0.05, 0.1) is 12.9 Å². The monoisotopic (exact) mass is 236 g/mol. The second-order valence-electron chi connectivity index (χ2n) is 4.00. The van der Waals surface area contributed by atoms with E-state index in [2.05, 4.69) is 11.1 Å². The van der Waals surface area contributed by atoms with Gasteiger partial charge in [-0.3, -0.25) is 4.18 Å². The summed E-state index contributed by atoms with van der Waals surface area (Å²) < 4.78 is 25.9. The highest BCUT2D eigenvalue weighted by molar-refractivity contribution is 7.85. The van der Waals surface area contributed by atoms with Crippen LogP contribution in [-0.4, -0.2) is 21.3 Å². The molecule has 0 heterocycles. The van der Waals surface area contributed by atoms with Gasteiger partial charge in [-0.1, -0.05) is 51.9 Å². The van der Waals surface area contributed by atoms with Crippen molar-refractivity contribution in [3.63, 3.8) is 0 Å². The fourth-order valence-corrected chi connectivity index (χ4v) is 1.87. The molecule has 92 valence electrons. The third-order valence-electron chi connectivity index (χ3n) is 2.30. The largest absolute Gasteiger partial charge is 0.270 e. The van der Waals surface area contributed by atoms with Gasteiger partial charge >= 0.3 is 0 Å². The van der Waals surface area contributed by atoms with Crippen LogP contribution in [0.3, 0.4) is 0 Å². The molecule has 0 aromatic carbocycles. The fourth-order valence-electron chi connectivity index (χ4n) is 1.45. The summed E-state index contributed by atoms with van der Waals surface area (Å²) >= 11 is 0. The Morgan fingerprint density at radius 1 is 0.867 bits per heavy atom. The maximum absolute atomic E-state index is 10.6. The summed E-state index contributed by atoms with van der Waals surface area (Å²) in [6.45, 7) is 2.55. The Labute approximate surface area is 94.3 Å². The van der Waals surface area contributed by atoms with Crippen LogP contribution in [0.2, 0.25) is 0 Å². The number of hydrogen-bond acceptors (Lipinski definition) is 3. The lowest BCUT2D eigenvalue weighted by molar-refractivity contribution is 0.309. The molecule has 0 radical (unpaired) electrons. The van der Waals surface area contributed by atoms with Gasteiger partial charge in [0.1, 0.15) is 0 Å². The zero-order chi connectivity index (χ0) is 11.6. The van der Waals surface area contributed by atoms with Gasteiger partial charge in [0, 0.05) is 0 Å². The van der Waals surface area contributed by atoms with Crippen molar-refractivity contribution in [2.45, 2.75) is 58.3 Å². The Bertz CT molecular complexity index is 222. The molecule has 0 aliphatic carbocycles. The molecule has 0 bridgehead atoms. The Hall–Kier alpha value is -0.0900. The molecule has 0 N–H and O–H groups in total. The molecule has 0 atom stereocenters. The molecule has 0 rings (SSSR count). The minimum Gasteiger partial charge on any atom is -0.270 e. The van der Waals surface area contributed by atoms with Crippen molar-refractivity contribution in [2.24, 2.45) is 0 Å². The van der Waals surface area contributed by atoms with Crippen molar-refractivity contribution in [1.29, 1.82) is 0 Å². The molecule has 0 unspecified atom stereocenters. The molecular weight excluding hydrogens is 212 g/mol. The second kappa shape index (κ2) is 9.16. The molecule has 0 amide bonds. The normalized spacial score (nSPS) is 11.9. The molecule has 4 heteroatoms. The average molecular weight is 236 g/mol. The minimum atomic E-state index is -3.23. The molecule has 0 aromatic rings. The standard InChI is InChI=1S/C11H24O3S/c1-3-4-5-6-7-8-9-10-11-14-15(2,12)13/h3-11H2,1-2H3. The smallest absolute Gasteiger partial charge is 0.264 e. The van der Waals surface area contributed by atoms with E-state index in [0.29, 0.717) is 6.61 Å². The van der Waals surface area contributed by atoms with Gasteiger partial charge < -0.3 is 0 Å². The molecule has 0 aliphatic rings. The van der Waals surface area contributed by atoms with Gasteiger partial charge in [0.15, 0.2) is 0 Å². The lowest BCUT2D eigenvalue weighted by Gasteiger charge is -2.02. The summed E-state index contributed by atoms with van der Waals surface area (Å²) in [5.41, 5.74) is 0. The molecule has 0 aliphatic heterocycles. The van der Waals surface area contributed by atoms with E-state index >= 15 is 0 Å². The predicted molar refractivity (Wildman–Crippen MR) is 63.4 cm³/mol. The van der Waals surface area contributed by atoms with Crippen LogP contribution in [0.15, 0.2) is 0 Å². The van der Waals surface area contributed by atoms with Gasteiger partial charge in [-0.25, -0.2) is 0 Å². The number of unbranched alkanes of at least 4 members (excludes halogenated alkanes) is 7. The zero-order valence-corrected chi connectivity index (χ0v) is 10.8. The summed E-state index contributed by atoms with van der Waals surface area (Å²) in [6, 6.07) is 0. The van der Waals surface area contributed by atoms with Crippen LogP contribution >= 0.6 is 0 Å². The summed E-state index contributed by atoms with van der Waals surface area (Å²) in [7, 11) is -3.23. The van der Waals surface area contributed by atoms with Gasteiger partial charge in [0.25, 0.3) is 10.1 Å². The van der Waals surface area contributed by atoms with Gasteiger partial charge in [-0.15, -0.1) is 0 Å². The Balaban J connectivity index is 3.06. The van der Waals surface area contributed by atoms with Crippen LogP contribution in [0.25, 0.3) is 0 Å². The highest BCUT2D eigenvalue weighted by atomic mass is 32.2. The van der Waals surface area contributed by atoms with E-state index < -0.39 is 10.1 Å². The van der Waals surface area contributed by atoms with Crippen LogP contribution in [0.4, 0.5) is 0 Å². The van der Waals surface area contributed by atoms with Crippen LogP contribution in [0, 0.1) is 0 Å². The van der Waals surface area contributed by atoms with Crippen molar-refractivity contribution in [3.05, 3.63) is 0 Å². The SMILES string of the molecule is CCCCCCCCCCOS(C)(=O)=O. The molecule has 0 saturated heterocycles. The maximum atomic E-state index is 10.6. The Kier molecular flexibility index (Phi) is 9.10. The predicted octanol–water partition coefficient (Wildman–Crippen LogP) is 3.10. The lowest BCUT2D eigenvalue weighted by atomic mass is 10.1. The first-order valence-corrected chi connectivity index (χ1v) is 7.72. The van der Waals surface area contributed by atoms with E-state index in [0.717, 1.165) is 19.1 Å². The van der Waals surface area contributed by atoms with E-state index in [9.17, 15) is 8.42 Å². The number of rotatable bonds is 10. The molecule has 0 spiro atoms.